The lowest BCUT2D eigenvalue weighted by Crippen LogP contribution is -2.35. The zero-order valence-corrected chi connectivity index (χ0v) is 19.6. The van der Waals surface area contributed by atoms with Gasteiger partial charge in [-0.05, 0) is 68.4 Å². The Labute approximate surface area is 192 Å². The van der Waals surface area contributed by atoms with Gasteiger partial charge in [0.2, 0.25) is 0 Å². The summed E-state index contributed by atoms with van der Waals surface area (Å²) in [5.41, 5.74) is 6.15. The first-order valence-electron chi connectivity index (χ1n) is 11.3. The summed E-state index contributed by atoms with van der Waals surface area (Å²) < 4.78 is 0. The lowest BCUT2D eigenvalue weighted by Gasteiger charge is -2.22. The zero-order chi connectivity index (χ0) is 22.2. The van der Waals surface area contributed by atoms with Crippen LogP contribution in [0, 0.1) is 26.7 Å². The molecule has 0 aliphatic heterocycles. The van der Waals surface area contributed by atoms with Crippen molar-refractivity contribution in [1.29, 1.82) is 0 Å². The number of carbonyl (C=O) groups is 1. The van der Waals surface area contributed by atoms with Crippen LogP contribution < -0.4 is 0 Å². The van der Waals surface area contributed by atoms with E-state index < -0.39 is 0 Å². The van der Waals surface area contributed by atoms with Crippen molar-refractivity contribution in [2.75, 3.05) is 13.1 Å². The Morgan fingerprint density at radius 1 is 1.09 bits per heavy atom. The van der Waals surface area contributed by atoms with Gasteiger partial charge in [0, 0.05) is 19.5 Å². The molecule has 1 N–H and O–H groups in total. The zero-order valence-electron chi connectivity index (χ0n) is 18.8. The molecule has 1 fully saturated rings. The largest absolute Gasteiger partial charge is 0.342 e. The first-order chi connectivity index (χ1) is 15.5. The summed E-state index contributed by atoms with van der Waals surface area (Å²) in [4.78, 5) is 29.4. The number of fused-ring (bicyclic) bond motifs is 1. The normalized spacial score (nSPS) is 13.6. The fourth-order valence-electron chi connectivity index (χ4n) is 4.05. The molecule has 5 nitrogen and oxygen atoms in total. The van der Waals surface area contributed by atoms with Crippen molar-refractivity contribution in [3.8, 4) is 10.4 Å². The number of aromatic amines is 1. The molecule has 6 heteroatoms. The molecule has 0 atom stereocenters. The number of carbonyl (C=O) groups excluding carboxylic acids is 1. The Hall–Kier alpha value is -2.99. The topological polar surface area (TPSA) is 61.9 Å². The SMILES string of the molecule is Cc1nc(C(=O)N(CCc2nc3ccccc3[nH]2)CC2CC2)c(-c2ccc(C)c(C)c2)s1. The van der Waals surface area contributed by atoms with Gasteiger partial charge in [-0.2, -0.15) is 0 Å². The van der Waals surface area contributed by atoms with Crippen LogP contribution in [0.1, 0.15) is 45.3 Å². The van der Waals surface area contributed by atoms with Crippen LogP contribution in [-0.2, 0) is 6.42 Å². The highest BCUT2D eigenvalue weighted by molar-refractivity contribution is 7.15. The summed E-state index contributed by atoms with van der Waals surface area (Å²) in [6, 6.07) is 14.4. The van der Waals surface area contributed by atoms with Crippen LogP contribution in [0.4, 0.5) is 0 Å². The molecule has 5 rings (SSSR count). The molecule has 0 spiro atoms. The maximum Gasteiger partial charge on any atom is 0.274 e. The van der Waals surface area contributed by atoms with E-state index in [-0.39, 0.29) is 5.91 Å². The monoisotopic (exact) mass is 444 g/mol. The van der Waals surface area contributed by atoms with E-state index in [1.54, 1.807) is 11.3 Å². The van der Waals surface area contributed by atoms with Gasteiger partial charge < -0.3 is 9.88 Å². The molecule has 2 heterocycles. The standard InChI is InChI=1S/C26H28N4OS/c1-16-8-11-20(14-17(16)2)25-24(27-18(3)32-25)26(31)30(15-19-9-10-19)13-12-23-28-21-6-4-5-7-22(21)29-23/h4-8,11,14,19H,9-10,12-13,15H2,1-3H3,(H,28,29). The second-order valence-electron chi connectivity index (χ2n) is 8.85. The number of thiazole rings is 1. The van der Waals surface area contributed by atoms with Crippen molar-refractivity contribution in [2.45, 2.75) is 40.0 Å². The molecule has 1 aliphatic carbocycles. The number of benzene rings is 2. The Kier molecular flexibility index (Phi) is 5.55. The summed E-state index contributed by atoms with van der Waals surface area (Å²) in [7, 11) is 0. The average Bonchev–Trinajstić information content (AvgIpc) is 3.37. The number of nitrogens with zero attached hydrogens (tertiary/aromatic N) is 3. The number of amides is 1. The number of imidazole rings is 1. The van der Waals surface area contributed by atoms with Crippen LogP contribution in [0.25, 0.3) is 21.5 Å². The van der Waals surface area contributed by atoms with Crippen molar-refractivity contribution in [3.63, 3.8) is 0 Å². The predicted octanol–water partition coefficient (Wildman–Crippen LogP) is 5.71. The number of rotatable bonds is 7. The quantitative estimate of drug-likeness (QED) is 0.397. The third kappa shape index (κ3) is 4.32. The van der Waals surface area contributed by atoms with Crippen LogP contribution in [0.5, 0.6) is 0 Å². The first-order valence-corrected chi connectivity index (χ1v) is 12.1. The van der Waals surface area contributed by atoms with Gasteiger partial charge in [0.15, 0.2) is 0 Å². The van der Waals surface area contributed by atoms with E-state index in [0.717, 1.165) is 38.9 Å². The molecule has 1 saturated carbocycles. The Bertz CT molecular complexity index is 1250. The average molecular weight is 445 g/mol. The Morgan fingerprint density at radius 3 is 2.66 bits per heavy atom. The molecule has 0 radical (unpaired) electrons. The first kappa shape index (κ1) is 20.9. The summed E-state index contributed by atoms with van der Waals surface area (Å²) in [6.45, 7) is 7.63. The van der Waals surface area contributed by atoms with Gasteiger partial charge in [-0.3, -0.25) is 4.79 Å². The highest BCUT2D eigenvalue weighted by atomic mass is 32.1. The molecule has 4 aromatic rings. The van der Waals surface area contributed by atoms with E-state index in [1.165, 1.54) is 24.0 Å². The van der Waals surface area contributed by atoms with Crippen molar-refractivity contribution in [3.05, 3.63) is 70.1 Å². The summed E-state index contributed by atoms with van der Waals surface area (Å²) in [5, 5.41) is 0.922. The molecule has 1 aliphatic rings. The fraction of sp³-hybridized carbons (Fsp3) is 0.346. The number of aromatic nitrogens is 3. The molecule has 0 saturated heterocycles. The van der Waals surface area contributed by atoms with Gasteiger partial charge in [-0.25, -0.2) is 9.97 Å². The van der Waals surface area contributed by atoms with Crippen LogP contribution in [0.3, 0.4) is 0 Å². The molecule has 2 aromatic heterocycles. The number of para-hydroxylation sites is 2. The van der Waals surface area contributed by atoms with E-state index in [2.05, 4.69) is 42.0 Å². The number of nitrogens with one attached hydrogen (secondary N) is 1. The van der Waals surface area contributed by atoms with E-state index >= 15 is 0 Å². The minimum Gasteiger partial charge on any atom is -0.342 e. The summed E-state index contributed by atoms with van der Waals surface area (Å²) in [5.74, 6) is 1.56. The van der Waals surface area contributed by atoms with Gasteiger partial charge in [0.05, 0.1) is 20.9 Å². The molecule has 164 valence electrons. The van der Waals surface area contributed by atoms with E-state index in [9.17, 15) is 4.79 Å². The molecular formula is C26H28N4OS. The lowest BCUT2D eigenvalue weighted by molar-refractivity contribution is 0.0744. The van der Waals surface area contributed by atoms with Crippen LogP contribution in [0.2, 0.25) is 0 Å². The maximum absolute atomic E-state index is 13.7. The minimum atomic E-state index is 0.0330. The molecule has 2 aromatic carbocycles. The predicted molar refractivity (Wildman–Crippen MR) is 130 cm³/mol. The lowest BCUT2D eigenvalue weighted by atomic mass is 10.0. The van der Waals surface area contributed by atoms with Crippen LogP contribution >= 0.6 is 11.3 Å². The second kappa shape index (κ2) is 8.51. The van der Waals surface area contributed by atoms with Gasteiger partial charge >= 0.3 is 0 Å². The van der Waals surface area contributed by atoms with E-state index in [1.807, 2.05) is 36.1 Å². The number of hydrogen-bond acceptors (Lipinski definition) is 4. The molecule has 0 bridgehead atoms. The summed E-state index contributed by atoms with van der Waals surface area (Å²) >= 11 is 1.60. The van der Waals surface area contributed by atoms with Crippen LogP contribution in [0.15, 0.2) is 42.5 Å². The van der Waals surface area contributed by atoms with Crippen molar-refractivity contribution in [2.24, 2.45) is 5.92 Å². The van der Waals surface area contributed by atoms with Crippen molar-refractivity contribution < 1.29 is 4.79 Å². The van der Waals surface area contributed by atoms with Crippen molar-refractivity contribution in [1.82, 2.24) is 19.9 Å². The highest BCUT2D eigenvalue weighted by Crippen LogP contribution is 2.34. The van der Waals surface area contributed by atoms with E-state index in [0.29, 0.717) is 24.6 Å². The van der Waals surface area contributed by atoms with Gasteiger partial charge in [0.1, 0.15) is 11.5 Å². The highest BCUT2D eigenvalue weighted by Gasteiger charge is 2.30. The summed E-state index contributed by atoms with van der Waals surface area (Å²) in [6.07, 6.45) is 3.11. The van der Waals surface area contributed by atoms with Gasteiger partial charge in [-0.1, -0.05) is 30.3 Å². The third-order valence-electron chi connectivity index (χ3n) is 6.23. The molecule has 32 heavy (non-hydrogen) atoms. The fourth-order valence-corrected chi connectivity index (χ4v) is 4.96. The smallest absolute Gasteiger partial charge is 0.274 e. The molecule has 0 unspecified atom stereocenters. The maximum atomic E-state index is 13.7. The van der Waals surface area contributed by atoms with Gasteiger partial charge in [-0.15, -0.1) is 11.3 Å². The third-order valence-corrected chi connectivity index (χ3v) is 7.25. The number of aryl methyl sites for hydroxylation is 3. The number of H-pyrrole nitrogens is 1. The second-order valence-corrected chi connectivity index (χ2v) is 10.1. The minimum absolute atomic E-state index is 0.0330. The van der Waals surface area contributed by atoms with Gasteiger partial charge in [0.25, 0.3) is 5.91 Å². The van der Waals surface area contributed by atoms with Crippen LogP contribution in [-0.4, -0.2) is 38.8 Å². The molecule has 1 amide bonds. The number of hydrogen-bond donors (Lipinski definition) is 1. The van der Waals surface area contributed by atoms with E-state index in [4.69, 9.17) is 4.98 Å². The molecular weight excluding hydrogens is 416 g/mol. The van der Waals surface area contributed by atoms with Crippen molar-refractivity contribution >= 4 is 28.3 Å². The Morgan fingerprint density at radius 2 is 1.91 bits per heavy atom. The Balaban J connectivity index is 1.41.